The predicted octanol–water partition coefficient (Wildman–Crippen LogP) is 1.74. The fourth-order valence-corrected chi connectivity index (χ4v) is 2.63. The van der Waals surface area contributed by atoms with E-state index in [-0.39, 0.29) is 19.8 Å². The highest BCUT2D eigenvalue weighted by Gasteiger charge is 2.25. The maximum absolute atomic E-state index is 12.0. The van der Waals surface area contributed by atoms with Crippen molar-refractivity contribution in [3.05, 3.63) is 12.4 Å². The van der Waals surface area contributed by atoms with E-state index in [9.17, 15) is 4.57 Å². The van der Waals surface area contributed by atoms with Gasteiger partial charge in [0.1, 0.15) is 0 Å². The second-order valence-corrected chi connectivity index (χ2v) is 5.79. The van der Waals surface area contributed by atoms with E-state index in [4.69, 9.17) is 24.4 Å². The first-order valence-corrected chi connectivity index (χ1v) is 8.33. The van der Waals surface area contributed by atoms with Gasteiger partial charge in [-0.3, -0.25) is 13.6 Å². The molecule has 0 aromatic rings. The molecule has 0 bridgehead atoms. The van der Waals surface area contributed by atoms with Gasteiger partial charge in [-0.2, -0.15) is 0 Å². The Kier molecular flexibility index (Phi) is 11.8. The molecule has 0 fully saturated rings. The van der Waals surface area contributed by atoms with Crippen LogP contribution in [0.5, 0.6) is 0 Å². The third-order valence-electron chi connectivity index (χ3n) is 2.30. The number of hydrogen-bond donors (Lipinski definition) is 3. The Balaban J connectivity index is 3.63. The number of nitrogens with one attached hydrogen (secondary N) is 1. The van der Waals surface area contributed by atoms with E-state index >= 15 is 0 Å². The number of rotatable bonds is 14. The van der Waals surface area contributed by atoms with Gasteiger partial charge in [0.15, 0.2) is 0 Å². The molecule has 0 aliphatic rings. The van der Waals surface area contributed by atoms with E-state index in [1.54, 1.807) is 6.92 Å². The van der Waals surface area contributed by atoms with E-state index < -0.39 is 7.82 Å². The molecular formula is C12H27N2O5P. The second-order valence-electron chi connectivity index (χ2n) is 4.12. The zero-order valence-corrected chi connectivity index (χ0v) is 13.1. The third kappa shape index (κ3) is 11.3. The van der Waals surface area contributed by atoms with Crippen LogP contribution >= 0.6 is 7.82 Å². The molecule has 0 saturated heterocycles. The smallest absolute Gasteiger partial charge is 0.394 e. The summed E-state index contributed by atoms with van der Waals surface area (Å²) in [6, 6.07) is 0. The normalized spacial score (nSPS) is 13.9. The highest BCUT2D eigenvalue weighted by molar-refractivity contribution is 7.48. The molecule has 20 heavy (non-hydrogen) atoms. The molecule has 4 N–H and O–H groups in total. The molecule has 0 amide bonds. The van der Waals surface area contributed by atoms with Gasteiger partial charge < -0.3 is 16.2 Å². The van der Waals surface area contributed by atoms with Gasteiger partial charge in [0, 0.05) is 6.54 Å². The molecular weight excluding hydrogens is 283 g/mol. The number of phosphoric acid groups is 1. The Morgan fingerprint density at radius 2 is 1.85 bits per heavy atom. The van der Waals surface area contributed by atoms with Gasteiger partial charge in [-0.25, -0.2) is 4.57 Å². The van der Waals surface area contributed by atoms with Crippen molar-refractivity contribution in [3.63, 3.8) is 0 Å². The van der Waals surface area contributed by atoms with Crippen LogP contribution in [0, 0.1) is 0 Å². The van der Waals surface area contributed by atoms with Crippen LogP contribution in [0.3, 0.4) is 0 Å². The van der Waals surface area contributed by atoms with Crippen molar-refractivity contribution in [3.8, 4) is 0 Å². The quantitative estimate of drug-likeness (QED) is 0.331. The molecule has 0 spiro atoms. The van der Waals surface area contributed by atoms with Crippen molar-refractivity contribution in [2.45, 2.75) is 32.6 Å². The van der Waals surface area contributed by atoms with Gasteiger partial charge in [0.2, 0.25) is 0 Å². The van der Waals surface area contributed by atoms with Gasteiger partial charge in [-0.15, -0.1) is 0 Å². The number of phosphoric ester groups is 1. The maximum Gasteiger partial charge on any atom is 0.474 e. The molecule has 120 valence electrons. The molecule has 7 nitrogen and oxygen atoms in total. The first kappa shape index (κ1) is 19.4. The molecule has 0 radical (unpaired) electrons. The minimum absolute atomic E-state index is 0.0636. The molecule has 0 aromatic heterocycles. The van der Waals surface area contributed by atoms with Crippen LogP contribution in [0.2, 0.25) is 0 Å². The molecule has 0 heterocycles. The molecule has 0 aliphatic heterocycles. The van der Waals surface area contributed by atoms with Gasteiger partial charge >= 0.3 is 7.82 Å². The van der Waals surface area contributed by atoms with Crippen molar-refractivity contribution in [2.75, 3.05) is 33.0 Å². The van der Waals surface area contributed by atoms with Crippen LogP contribution in [0.4, 0.5) is 0 Å². The summed E-state index contributed by atoms with van der Waals surface area (Å²) in [7, 11) is -3.51. The minimum atomic E-state index is -3.51. The molecule has 0 rings (SSSR count). The highest BCUT2D eigenvalue weighted by atomic mass is 31.2. The lowest BCUT2D eigenvalue weighted by atomic mass is 10.2. The highest BCUT2D eigenvalue weighted by Crippen LogP contribution is 2.49. The lowest BCUT2D eigenvalue weighted by molar-refractivity contribution is 0.0979. The Labute approximate surface area is 121 Å². The van der Waals surface area contributed by atoms with Crippen LogP contribution in [0.15, 0.2) is 12.4 Å². The fourth-order valence-electron chi connectivity index (χ4n) is 1.43. The van der Waals surface area contributed by atoms with Crippen molar-refractivity contribution in [1.29, 1.82) is 0 Å². The third-order valence-corrected chi connectivity index (χ3v) is 3.87. The molecule has 8 heteroatoms. The van der Waals surface area contributed by atoms with Gasteiger partial charge in [-0.05, 0) is 19.8 Å². The van der Waals surface area contributed by atoms with Crippen LogP contribution in [0.1, 0.15) is 32.6 Å². The largest absolute Gasteiger partial charge is 0.474 e. The number of unbranched alkanes of at least 4 members (excludes halogenated alkanes) is 3. The topological polar surface area (TPSA) is 103 Å². The molecule has 1 unspecified atom stereocenters. The van der Waals surface area contributed by atoms with Crippen molar-refractivity contribution in [1.82, 2.24) is 5.32 Å². The van der Waals surface area contributed by atoms with Crippen LogP contribution in [0.25, 0.3) is 0 Å². The summed E-state index contributed by atoms with van der Waals surface area (Å²) in [6.45, 7) is 6.30. The summed E-state index contributed by atoms with van der Waals surface area (Å²) in [5.74, 6) is 0.479. The first-order valence-electron chi connectivity index (χ1n) is 6.87. The van der Waals surface area contributed by atoms with E-state index in [0.717, 1.165) is 32.2 Å². The van der Waals surface area contributed by atoms with Crippen molar-refractivity contribution >= 4 is 7.82 Å². The fraction of sp³-hybridized carbons (Fsp3) is 0.833. The maximum atomic E-state index is 12.0. The summed E-state index contributed by atoms with van der Waals surface area (Å²) in [6.07, 6.45) is 3.72. The van der Waals surface area contributed by atoms with Gasteiger partial charge in [-0.1, -0.05) is 19.4 Å². The van der Waals surface area contributed by atoms with E-state index in [1.807, 2.05) is 0 Å². The Hall–Kier alpha value is -0.590. The average Bonchev–Trinajstić information content (AvgIpc) is 2.39. The summed E-state index contributed by atoms with van der Waals surface area (Å²) in [5, 5.41) is 11.6. The van der Waals surface area contributed by atoms with E-state index in [0.29, 0.717) is 12.4 Å². The minimum Gasteiger partial charge on any atom is -0.394 e. The monoisotopic (exact) mass is 310 g/mol. The Morgan fingerprint density at radius 1 is 1.20 bits per heavy atom. The summed E-state index contributed by atoms with van der Waals surface area (Å²) < 4.78 is 27.0. The summed E-state index contributed by atoms with van der Waals surface area (Å²) >= 11 is 0. The standard InChI is InChI=1S/C12H27N2O5P/c1-3-17-20(16,19-11-9-15)18-10-7-5-4-6-8-14-12(2)13/h14-15H,2-11,13H2,1H3. The van der Waals surface area contributed by atoms with Crippen LogP contribution in [-0.4, -0.2) is 38.1 Å². The molecule has 0 aromatic carbocycles. The van der Waals surface area contributed by atoms with Crippen LogP contribution < -0.4 is 11.1 Å². The number of aliphatic hydroxyl groups is 1. The Morgan fingerprint density at radius 3 is 2.45 bits per heavy atom. The Bertz CT molecular complexity index is 302. The van der Waals surface area contributed by atoms with E-state index in [1.165, 1.54) is 0 Å². The summed E-state index contributed by atoms with van der Waals surface area (Å²) in [5.41, 5.74) is 5.37. The van der Waals surface area contributed by atoms with Crippen molar-refractivity contribution < 1.29 is 23.2 Å². The van der Waals surface area contributed by atoms with Gasteiger partial charge in [0.25, 0.3) is 0 Å². The SMILES string of the molecule is C=C(N)NCCCCCCOP(=O)(OCC)OCCO. The molecule has 0 saturated carbocycles. The molecule has 0 aliphatic carbocycles. The second kappa shape index (κ2) is 12.2. The number of hydrogen-bond acceptors (Lipinski definition) is 7. The number of aliphatic hydroxyl groups excluding tert-OH is 1. The predicted molar refractivity (Wildman–Crippen MR) is 78.0 cm³/mol. The molecule has 1 atom stereocenters. The van der Waals surface area contributed by atoms with E-state index in [2.05, 4.69) is 11.9 Å². The summed E-state index contributed by atoms with van der Waals surface area (Å²) in [4.78, 5) is 0. The van der Waals surface area contributed by atoms with Crippen molar-refractivity contribution in [2.24, 2.45) is 5.73 Å². The zero-order valence-electron chi connectivity index (χ0n) is 12.2. The van der Waals surface area contributed by atoms with Crippen LogP contribution in [-0.2, 0) is 18.1 Å². The lowest BCUT2D eigenvalue weighted by Crippen LogP contribution is -2.19. The average molecular weight is 310 g/mol. The lowest BCUT2D eigenvalue weighted by Gasteiger charge is -2.16. The first-order chi connectivity index (χ1) is 9.54. The van der Waals surface area contributed by atoms with Gasteiger partial charge in [0.05, 0.1) is 32.2 Å². The number of nitrogens with two attached hydrogens (primary N) is 1. The zero-order chi connectivity index (χ0) is 15.3.